The van der Waals surface area contributed by atoms with Crippen molar-refractivity contribution in [3.63, 3.8) is 0 Å². The SMILES string of the molecule is CCCCCCCCCCCCCCCCCCOC(=O)C(C)CNCCN. The third-order valence-electron chi connectivity index (χ3n) is 5.42. The average Bonchev–Trinajstić information content (AvgIpc) is 2.70. The standard InChI is InChI=1S/C24H50N2O2/c1-3-4-5-6-7-8-9-10-11-12-13-14-15-16-17-18-21-28-24(27)23(2)22-26-20-19-25/h23,26H,3-22,25H2,1-2H3. The Balaban J connectivity index is 3.18. The molecular formula is C24H50N2O2. The van der Waals surface area contributed by atoms with E-state index in [2.05, 4.69) is 12.2 Å². The minimum Gasteiger partial charge on any atom is -0.465 e. The van der Waals surface area contributed by atoms with Crippen molar-refractivity contribution in [1.82, 2.24) is 5.32 Å². The molecule has 0 aromatic rings. The van der Waals surface area contributed by atoms with Gasteiger partial charge in [0.1, 0.15) is 0 Å². The van der Waals surface area contributed by atoms with Gasteiger partial charge in [-0.3, -0.25) is 4.79 Å². The molecule has 1 atom stereocenters. The fourth-order valence-electron chi connectivity index (χ4n) is 3.47. The Kier molecular flexibility index (Phi) is 22.2. The molecule has 0 saturated carbocycles. The minimum atomic E-state index is -0.0921. The summed E-state index contributed by atoms with van der Waals surface area (Å²) in [5.74, 6) is -0.182. The second-order valence-electron chi connectivity index (χ2n) is 8.36. The number of carbonyl (C=O) groups is 1. The number of nitrogens with two attached hydrogens (primary N) is 1. The van der Waals surface area contributed by atoms with Crippen molar-refractivity contribution in [3.8, 4) is 0 Å². The summed E-state index contributed by atoms with van der Waals surface area (Å²) in [6, 6.07) is 0. The van der Waals surface area contributed by atoms with E-state index in [9.17, 15) is 4.79 Å². The summed E-state index contributed by atoms with van der Waals surface area (Å²) in [7, 11) is 0. The van der Waals surface area contributed by atoms with Crippen LogP contribution in [0.1, 0.15) is 117 Å². The molecule has 0 amide bonds. The topological polar surface area (TPSA) is 64.3 Å². The van der Waals surface area contributed by atoms with Crippen LogP contribution in [0.4, 0.5) is 0 Å². The van der Waals surface area contributed by atoms with Crippen LogP contribution in [0.15, 0.2) is 0 Å². The van der Waals surface area contributed by atoms with Crippen molar-refractivity contribution in [2.24, 2.45) is 11.7 Å². The zero-order valence-corrected chi connectivity index (χ0v) is 19.1. The number of hydrogen-bond acceptors (Lipinski definition) is 4. The maximum Gasteiger partial charge on any atom is 0.309 e. The van der Waals surface area contributed by atoms with Gasteiger partial charge in [0, 0.05) is 19.6 Å². The van der Waals surface area contributed by atoms with E-state index in [1.54, 1.807) is 0 Å². The third kappa shape index (κ3) is 20.1. The summed E-state index contributed by atoms with van der Waals surface area (Å²) in [5, 5.41) is 3.15. The zero-order valence-electron chi connectivity index (χ0n) is 19.1. The second-order valence-corrected chi connectivity index (χ2v) is 8.36. The molecule has 0 fully saturated rings. The van der Waals surface area contributed by atoms with Gasteiger partial charge in [-0.1, -0.05) is 110 Å². The van der Waals surface area contributed by atoms with Crippen molar-refractivity contribution in [2.75, 3.05) is 26.2 Å². The molecule has 0 rings (SSSR count). The molecule has 0 bridgehead atoms. The van der Waals surface area contributed by atoms with Crippen LogP contribution in [0.3, 0.4) is 0 Å². The highest BCUT2D eigenvalue weighted by Gasteiger charge is 2.13. The van der Waals surface area contributed by atoms with Gasteiger partial charge in [-0.15, -0.1) is 0 Å². The maximum atomic E-state index is 11.8. The molecule has 0 heterocycles. The molecule has 0 spiro atoms. The lowest BCUT2D eigenvalue weighted by atomic mass is 10.0. The smallest absolute Gasteiger partial charge is 0.309 e. The largest absolute Gasteiger partial charge is 0.465 e. The molecule has 4 nitrogen and oxygen atoms in total. The van der Waals surface area contributed by atoms with Crippen LogP contribution in [-0.2, 0) is 9.53 Å². The number of unbranched alkanes of at least 4 members (excludes halogenated alkanes) is 15. The van der Waals surface area contributed by atoms with Gasteiger partial charge in [-0.2, -0.15) is 0 Å². The van der Waals surface area contributed by atoms with Crippen molar-refractivity contribution < 1.29 is 9.53 Å². The molecular weight excluding hydrogens is 348 g/mol. The molecule has 0 radical (unpaired) electrons. The first kappa shape index (κ1) is 27.4. The van der Waals surface area contributed by atoms with E-state index in [1.807, 2.05) is 6.92 Å². The number of rotatable bonds is 22. The molecule has 0 aliphatic carbocycles. The van der Waals surface area contributed by atoms with Gasteiger partial charge >= 0.3 is 5.97 Å². The van der Waals surface area contributed by atoms with E-state index in [4.69, 9.17) is 10.5 Å². The van der Waals surface area contributed by atoms with Crippen LogP contribution in [0.5, 0.6) is 0 Å². The second kappa shape index (κ2) is 22.7. The first-order chi connectivity index (χ1) is 13.7. The summed E-state index contributed by atoms with van der Waals surface area (Å²) >= 11 is 0. The Hall–Kier alpha value is -0.610. The predicted molar refractivity (Wildman–Crippen MR) is 122 cm³/mol. The lowest BCUT2D eigenvalue weighted by Crippen LogP contribution is -2.31. The lowest BCUT2D eigenvalue weighted by Gasteiger charge is -2.12. The van der Waals surface area contributed by atoms with E-state index >= 15 is 0 Å². The molecule has 4 heteroatoms. The van der Waals surface area contributed by atoms with Crippen LogP contribution < -0.4 is 11.1 Å². The van der Waals surface area contributed by atoms with E-state index < -0.39 is 0 Å². The van der Waals surface area contributed by atoms with E-state index in [1.165, 1.54) is 96.3 Å². The van der Waals surface area contributed by atoms with Crippen LogP contribution in [0, 0.1) is 5.92 Å². The summed E-state index contributed by atoms with van der Waals surface area (Å²) in [5.41, 5.74) is 5.42. The Morgan fingerprint density at radius 2 is 1.21 bits per heavy atom. The molecule has 0 aromatic heterocycles. The highest BCUT2D eigenvalue weighted by Crippen LogP contribution is 2.13. The van der Waals surface area contributed by atoms with Gasteiger partial charge in [0.25, 0.3) is 0 Å². The first-order valence-corrected chi connectivity index (χ1v) is 12.3. The van der Waals surface area contributed by atoms with Crippen molar-refractivity contribution in [3.05, 3.63) is 0 Å². The van der Waals surface area contributed by atoms with Crippen LogP contribution in [-0.4, -0.2) is 32.2 Å². The molecule has 0 aliphatic rings. The lowest BCUT2D eigenvalue weighted by molar-refractivity contribution is -0.147. The zero-order chi connectivity index (χ0) is 20.7. The normalized spacial score (nSPS) is 12.2. The fraction of sp³-hybridized carbons (Fsp3) is 0.958. The highest BCUT2D eigenvalue weighted by molar-refractivity contribution is 5.72. The molecule has 3 N–H and O–H groups in total. The van der Waals surface area contributed by atoms with E-state index in [0.29, 0.717) is 19.7 Å². The number of ether oxygens (including phenoxy) is 1. The van der Waals surface area contributed by atoms with Crippen molar-refractivity contribution >= 4 is 5.97 Å². The molecule has 0 saturated heterocycles. The molecule has 1 unspecified atom stereocenters. The summed E-state index contributed by atoms with van der Waals surface area (Å²) in [4.78, 5) is 11.8. The number of carbonyl (C=O) groups excluding carboxylic acids is 1. The van der Waals surface area contributed by atoms with Crippen LogP contribution >= 0.6 is 0 Å². The third-order valence-corrected chi connectivity index (χ3v) is 5.42. The summed E-state index contributed by atoms with van der Waals surface area (Å²) in [6.45, 7) is 6.74. The van der Waals surface area contributed by atoms with Crippen molar-refractivity contribution in [1.29, 1.82) is 0 Å². The Morgan fingerprint density at radius 3 is 1.64 bits per heavy atom. The predicted octanol–water partition coefficient (Wildman–Crippen LogP) is 5.98. The molecule has 168 valence electrons. The minimum absolute atomic E-state index is 0.0902. The van der Waals surface area contributed by atoms with Gasteiger partial charge in [0.05, 0.1) is 12.5 Å². The Morgan fingerprint density at radius 1 is 0.786 bits per heavy atom. The fourth-order valence-corrected chi connectivity index (χ4v) is 3.47. The van der Waals surface area contributed by atoms with Gasteiger partial charge in [-0.05, 0) is 6.42 Å². The number of esters is 1. The molecule has 28 heavy (non-hydrogen) atoms. The molecule has 0 aliphatic heterocycles. The Bertz CT molecular complexity index is 324. The van der Waals surface area contributed by atoms with Gasteiger partial charge in [0.2, 0.25) is 0 Å². The van der Waals surface area contributed by atoms with Gasteiger partial charge in [0.15, 0.2) is 0 Å². The quantitative estimate of drug-likeness (QED) is 0.174. The van der Waals surface area contributed by atoms with Crippen LogP contribution in [0.25, 0.3) is 0 Å². The average molecular weight is 399 g/mol. The van der Waals surface area contributed by atoms with E-state index in [0.717, 1.165) is 13.0 Å². The van der Waals surface area contributed by atoms with Crippen molar-refractivity contribution in [2.45, 2.75) is 117 Å². The van der Waals surface area contributed by atoms with E-state index in [-0.39, 0.29) is 11.9 Å². The summed E-state index contributed by atoms with van der Waals surface area (Å²) < 4.78 is 5.34. The monoisotopic (exact) mass is 398 g/mol. The number of nitrogens with one attached hydrogen (secondary N) is 1. The van der Waals surface area contributed by atoms with Gasteiger partial charge < -0.3 is 15.8 Å². The Labute approximate surface area is 175 Å². The van der Waals surface area contributed by atoms with Gasteiger partial charge in [-0.25, -0.2) is 0 Å². The highest BCUT2D eigenvalue weighted by atomic mass is 16.5. The first-order valence-electron chi connectivity index (χ1n) is 12.3. The molecule has 0 aromatic carbocycles. The summed E-state index contributed by atoms with van der Waals surface area (Å²) in [6.07, 6.45) is 21.7. The number of hydrogen-bond donors (Lipinski definition) is 2. The maximum absolute atomic E-state index is 11.8. The van der Waals surface area contributed by atoms with Crippen LogP contribution in [0.2, 0.25) is 0 Å².